The second kappa shape index (κ2) is 6.68. The Morgan fingerprint density at radius 3 is 2.65 bits per heavy atom. The molecule has 0 bridgehead atoms. The molecule has 2 aromatic rings. The molecule has 106 valence electrons. The molecule has 2 N–H and O–H groups in total. The van der Waals surface area contributed by atoms with Gasteiger partial charge in [-0.05, 0) is 36.8 Å². The second-order valence-electron chi connectivity index (χ2n) is 5.14. The average Bonchev–Trinajstić information content (AvgIpc) is 2.98. The number of carbonyl (C=O) groups excluding carboxylic acids is 1. The Labute approximate surface area is 123 Å². The molecular formula is C16H19NO2S. The van der Waals surface area contributed by atoms with E-state index in [9.17, 15) is 9.90 Å². The fourth-order valence-electron chi connectivity index (χ4n) is 1.91. The molecule has 0 spiro atoms. The third kappa shape index (κ3) is 4.47. The van der Waals surface area contributed by atoms with Crippen molar-refractivity contribution in [1.82, 2.24) is 5.32 Å². The Hall–Kier alpha value is -1.65. The first-order valence-corrected chi connectivity index (χ1v) is 7.53. The van der Waals surface area contributed by atoms with Crippen LogP contribution in [0.3, 0.4) is 0 Å². The summed E-state index contributed by atoms with van der Waals surface area (Å²) in [4.78, 5) is 12.5. The van der Waals surface area contributed by atoms with Crippen molar-refractivity contribution in [1.29, 1.82) is 0 Å². The van der Waals surface area contributed by atoms with Crippen molar-refractivity contribution in [2.45, 2.75) is 25.4 Å². The summed E-state index contributed by atoms with van der Waals surface area (Å²) < 4.78 is 0. The van der Waals surface area contributed by atoms with Gasteiger partial charge in [0.15, 0.2) is 0 Å². The molecule has 0 aliphatic rings. The molecule has 0 aliphatic heterocycles. The molecule has 1 atom stereocenters. The first-order valence-electron chi connectivity index (χ1n) is 6.65. The smallest absolute Gasteiger partial charge is 0.261 e. The zero-order valence-corrected chi connectivity index (χ0v) is 12.3. The van der Waals surface area contributed by atoms with E-state index in [4.69, 9.17) is 0 Å². The fourth-order valence-corrected chi connectivity index (χ4v) is 2.55. The Bertz CT molecular complexity index is 535. The van der Waals surface area contributed by atoms with Crippen LogP contribution in [-0.2, 0) is 6.42 Å². The minimum atomic E-state index is -0.900. The number of rotatable bonds is 6. The lowest BCUT2D eigenvalue weighted by atomic mass is 9.97. The number of thiophene rings is 1. The van der Waals surface area contributed by atoms with E-state index in [-0.39, 0.29) is 12.5 Å². The quantitative estimate of drug-likeness (QED) is 0.859. The van der Waals surface area contributed by atoms with Crippen LogP contribution in [0.25, 0.3) is 0 Å². The molecule has 4 heteroatoms. The summed E-state index contributed by atoms with van der Waals surface area (Å²) in [5.74, 6) is -0.125. The topological polar surface area (TPSA) is 49.3 Å². The minimum absolute atomic E-state index is 0.125. The van der Waals surface area contributed by atoms with E-state index in [0.717, 1.165) is 6.42 Å². The van der Waals surface area contributed by atoms with Crippen LogP contribution in [0.2, 0.25) is 0 Å². The molecular weight excluding hydrogens is 270 g/mol. The van der Waals surface area contributed by atoms with Gasteiger partial charge in [0.25, 0.3) is 5.91 Å². The van der Waals surface area contributed by atoms with E-state index in [0.29, 0.717) is 11.3 Å². The molecule has 1 amide bonds. The highest BCUT2D eigenvalue weighted by Gasteiger charge is 2.21. The van der Waals surface area contributed by atoms with Crippen LogP contribution in [0.5, 0.6) is 0 Å². The average molecular weight is 289 g/mol. The molecule has 1 heterocycles. The zero-order chi connectivity index (χ0) is 14.4. The van der Waals surface area contributed by atoms with Crippen LogP contribution in [0.4, 0.5) is 0 Å². The molecule has 3 nitrogen and oxygen atoms in total. The van der Waals surface area contributed by atoms with Crippen molar-refractivity contribution >= 4 is 17.2 Å². The van der Waals surface area contributed by atoms with Crippen LogP contribution >= 0.6 is 11.3 Å². The summed E-state index contributed by atoms with van der Waals surface area (Å²) >= 11 is 1.40. The number of benzene rings is 1. The van der Waals surface area contributed by atoms with Gasteiger partial charge in [-0.15, -0.1) is 11.3 Å². The number of aliphatic hydroxyl groups is 1. The summed E-state index contributed by atoms with van der Waals surface area (Å²) in [6, 6.07) is 13.7. The molecule has 0 fully saturated rings. The van der Waals surface area contributed by atoms with Gasteiger partial charge < -0.3 is 10.4 Å². The van der Waals surface area contributed by atoms with Gasteiger partial charge in [-0.25, -0.2) is 0 Å². The third-order valence-corrected chi connectivity index (χ3v) is 4.04. The maximum Gasteiger partial charge on any atom is 0.261 e. The molecule has 1 aromatic carbocycles. The molecule has 1 aromatic heterocycles. The number of hydrogen-bond donors (Lipinski definition) is 2. The molecule has 1 unspecified atom stereocenters. The Kier molecular flexibility index (Phi) is 4.93. The van der Waals surface area contributed by atoms with Crippen LogP contribution < -0.4 is 5.32 Å². The van der Waals surface area contributed by atoms with Crippen molar-refractivity contribution in [2.24, 2.45) is 0 Å². The van der Waals surface area contributed by atoms with Gasteiger partial charge in [0.1, 0.15) is 0 Å². The van der Waals surface area contributed by atoms with E-state index in [2.05, 4.69) is 5.32 Å². The number of amides is 1. The molecule has 0 radical (unpaired) electrons. The largest absolute Gasteiger partial charge is 0.388 e. The van der Waals surface area contributed by atoms with Crippen LogP contribution in [0.1, 0.15) is 28.6 Å². The van der Waals surface area contributed by atoms with Gasteiger partial charge in [-0.3, -0.25) is 4.79 Å². The predicted octanol–water partition coefficient (Wildman–Crippen LogP) is 2.86. The highest BCUT2D eigenvalue weighted by Crippen LogP contribution is 2.14. The van der Waals surface area contributed by atoms with Gasteiger partial charge in [-0.1, -0.05) is 36.4 Å². The molecule has 0 aliphatic carbocycles. The number of hydrogen-bond acceptors (Lipinski definition) is 3. The maximum absolute atomic E-state index is 11.8. The highest BCUT2D eigenvalue weighted by atomic mass is 32.1. The van der Waals surface area contributed by atoms with E-state index >= 15 is 0 Å². The normalized spacial score (nSPS) is 13.7. The van der Waals surface area contributed by atoms with Crippen LogP contribution in [0.15, 0.2) is 47.8 Å². The highest BCUT2D eigenvalue weighted by molar-refractivity contribution is 7.12. The first-order chi connectivity index (χ1) is 9.57. The summed E-state index contributed by atoms with van der Waals surface area (Å²) in [5.41, 5.74) is 0.292. The van der Waals surface area contributed by atoms with E-state index in [1.54, 1.807) is 13.0 Å². The van der Waals surface area contributed by atoms with E-state index in [1.165, 1.54) is 16.9 Å². The zero-order valence-electron chi connectivity index (χ0n) is 11.5. The maximum atomic E-state index is 11.8. The van der Waals surface area contributed by atoms with Gasteiger partial charge in [0, 0.05) is 6.54 Å². The first kappa shape index (κ1) is 14.8. The summed E-state index contributed by atoms with van der Waals surface area (Å²) in [6.45, 7) is 2.02. The Balaban J connectivity index is 1.80. The van der Waals surface area contributed by atoms with Crippen LogP contribution in [0, 0.1) is 0 Å². The lowest BCUT2D eigenvalue weighted by Gasteiger charge is -2.23. The minimum Gasteiger partial charge on any atom is -0.388 e. The van der Waals surface area contributed by atoms with Crippen molar-refractivity contribution in [3.63, 3.8) is 0 Å². The number of carbonyl (C=O) groups is 1. The SMILES string of the molecule is CC(O)(CCc1ccccc1)CNC(=O)c1cccs1. The molecule has 0 saturated heterocycles. The van der Waals surface area contributed by atoms with Gasteiger partial charge in [-0.2, -0.15) is 0 Å². The van der Waals surface area contributed by atoms with Crippen molar-refractivity contribution < 1.29 is 9.90 Å². The van der Waals surface area contributed by atoms with Crippen LogP contribution in [-0.4, -0.2) is 23.2 Å². The summed E-state index contributed by atoms with van der Waals surface area (Å²) in [5, 5.41) is 15.0. The number of aryl methyl sites for hydroxylation is 1. The van der Waals surface area contributed by atoms with Gasteiger partial charge >= 0.3 is 0 Å². The lowest BCUT2D eigenvalue weighted by molar-refractivity contribution is 0.0479. The Morgan fingerprint density at radius 1 is 1.25 bits per heavy atom. The summed E-state index contributed by atoms with van der Waals surface area (Å²) in [7, 11) is 0. The third-order valence-electron chi connectivity index (χ3n) is 3.17. The van der Waals surface area contributed by atoms with Gasteiger partial charge in [0.2, 0.25) is 0 Å². The molecule has 20 heavy (non-hydrogen) atoms. The predicted molar refractivity (Wildman–Crippen MR) is 82.0 cm³/mol. The number of nitrogens with one attached hydrogen (secondary N) is 1. The van der Waals surface area contributed by atoms with Gasteiger partial charge in [0.05, 0.1) is 10.5 Å². The van der Waals surface area contributed by atoms with E-state index in [1.807, 2.05) is 41.8 Å². The molecule has 2 rings (SSSR count). The monoisotopic (exact) mass is 289 g/mol. The van der Waals surface area contributed by atoms with E-state index < -0.39 is 5.60 Å². The summed E-state index contributed by atoms with van der Waals surface area (Å²) in [6.07, 6.45) is 1.41. The van der Waals surface area contributed by atoms with Crippen molar-refractivity contribution in [3.8, 4) is 0 Å². The van der Waals surface area contributed by atoms with Crippen molar-refractivity contribution in [3.05, 3.63) is 58.3 Å². The van der Waals surface area contributed by atoms with Crippen molar-refractivity contribution in [2.75, 3.05) is 6.54 Å². The standard InChI is InChI=1S/C16H19NO2S/c1-16(19,10-9-13-6-3-2-4-7-13)12-17-15(18)14-8-5-11-20-14/h2-8,11,19H,9-10,12H2,1H3,(H,17,18). The lowest BCUT2D eigenvalue weighted by Crippen LogP contribution is -2.40. The second-order valence-corrected chi connectivity index (χ2v) is 6.09. The molecule has 0 saturated carbocycles. The fraction of sp³-hybridized carbons (Fsp3) is 0.312. The Morgan fingerprint density at radius 2 is 2.00 bits per heavy atom.